The summed E-state index contributed by atoms with van der Waals surface area (Å²) >= 11 is 0. The largest absolute Gasteiger partial charge is 0.342 e. The first-order valence-electron chi connectivity index (χ1n) is 9.27. The second-order valence-corrected chi connectivity index (χ2v) is 8.43. The van der Waals surface area contributed by atoms with E-state index in [1.54, 1.807) is 0 Å². The van der Waals surface area contributed by atoms with Gasteiger partial charge >= 0.3 is 0 Å². The van der Waals surface area contributed by atoms with Crippen molar-refractivity contribution in [1.82, 2.24) is 24.6 Å². The molecule has 3 heterocycles. The summed E-state index contributed by atoms with van der Waals surface area (Å²) in [6.45, 7) is 11.7. The lowest BCUT2D eigenvalue weighted by Crippen LogP contribution is -2.38. The lowest BCUT2D eigenvalue weighted by molar-refractivity contribution is -0.138. The SMILES string of the molecule is Cc1nn(C)c(C)c1-c1cncc(C[C@@H]2CCN(C(=O)C(C)(C)C)C2)n1. The highest BCUT2D eigenvalue weighted by Gasteiger charge is 2.33. The third kappa shape index (κ3) is 3.64. The molecule has 6 heteroatoms. The summed E-state index contributed by atoms with van der Waals surface area (Å²) in [5.74, 6) is 0.684. The quantitative estimate of drug-likeness (QED) is 0.849. The molecule has 1 aliphatic heterocycles. The zero-order valence-electron chi connectivity index (χ0n) is 16.7. The van der Waals surface area contributed by atoms with Crippen molar-refractivity contribution in [2.45, 2.75) is 47.5 Å². The highest BCUT2D eigenvalue weighted by Crippen LogP contribution is 2.27. The normalized spacial score (nSPS) is 17.8. The zero-order valence-corrected chi connectivity index (χ0v) is 16.7. The minimum Gasteiger partial charge on any atom is -0.342 e. The van der Waals surface area contributed by atoms with Crippen LogP contribution >= 0.6 is 0 Å². The minimum atomic E-state index is -0.316. The molecule has 26 heavy (non-hydrogen) atoms. The molecule has 1 aliphatic rings. The number of likely N-dealkylation sites (tertiary alicyclic amines) is 1. The van der Waals surface area contributed by atoms with Crippen molar-refractivity contribution in [3.63, 3.8) is 0 Å². The lowest BCUT2D eigenvalue weighted by Gasteiger charge is -2.25. The maximum Gasteiger partial charge on any atom is 0.227 e. The third-order valence-corrected chi connectivity index (χ3v) is 5.16. The third-order valence-electron chi connectivity index (χ3n) is 5.16. The standard InChI is InChI=1S/C20H29N5O/c1-13-18(14(2)24(6)23-13)17-11-21-10-16(22-17)9-15-7-8-25(12-15)19(26)20(3,4)5/h10-11,15H,7-9,12H2,1-6H3/t15-/m0/s1. The molecule has 2 aromatic heterocycles. The predicted molar refractivity (Wildman–Crippen MR) is 102 cm³/mol. The molecular formula is C20H29N5O. The van der Waals surface area contributed by atoms with Crippen LogP contribution in [0.15, 0.2) is 12.4 Å². The highest BCUT2D eigenvalue weighted by atomic mass is 16.2. The number of hydrogen-bond donors (Lipinski definition) is 0. The van der Waals surface area contributed by atoms with Gasteiger partial charge in [0.2, 0.25) is 5.91 Å². The average Bonchev–Trinajstić information content (AvgIpc) is 3.11. The van der Waals surface area contributed by atoms with Crippen LogP contribution in [-0.4, -0.2) is 43.6 Å². The smallest absolute Gasteiger partial charge is 0.227 e. The number of nitrogens with zero attached hydrogens (tertiary/aromatic N) is 5. The summed E-state index contributed by atoms with van der Waals surface area (Å²) in [7, 11) is 1.95. The molecule has 0 saturated carbocycles. The van der Waals surface area contributed by atoms with Gasteiger partial charge < -0.3 is 4.90 Å². The van der Waals surface area contributed by atoms with Crippen molar-refractivity contribution < 1.29 is 4.79 Å². The minimum absolute atomic E-state index is 0.237. The molecule has 1 fully saturated rings. The van der Waals surface area contributed by atoms with E-state index in [1.807, 2.05) is 56.7 Å². The van der Waals surface area contributed by atoms with Crippen molar-refractivity contribution in [2.75, 3.05) is 13.1 Å². The summed E-state index contributed by atoms with van der Waals surface area (Å²) in [6, 6.07) is 0. The predicted octanol–water partition coefficient (Wildman–Crippen LogP) is 2.93. The van der Waals surface area contributed by atoms with Crippen LogP contribution < -0.4 is 0 Å². The number of aryl methyl sites for hydroxylation is 2. The van der Waals surface area contributed by atoms with Crippen LogP contribution in [0.4, 0.5) is 0 Å². The van der Waals surface area contributed by atoms with E-state index in [1.165, 1.54) is 0 Å². The molecule has 1 amide bonds. The van der Waals surface area contributed by atoms with Gasteiger partial charge in [0.25, 0.3) is 0 Å². The van der Waals surface area contributed by atoms with Crippen molar-refractivity contribution in [2.24, 2.45) is 18.4 Å². The van der Waals surface area contributed by atoms with Crippen molar-refractivity contribution in [3.05, 3.63) is 29.5 Å². The van der Waals surface area contributed by atoms with Gasteiger partial charge in [-0.15, -0.1) is 0 Å². The molecule has 1 saturated heterocycles. The van der Waals surface area contributed by atoms with Gasteiger partial charge in [0.05, 0.1) is 23.3 Å². The first-order valence-corrected chi connectivity index (χ1v) is 9.27. The van der Waals surface area contributed by atoms with Crippen LogP contribution in [0.2, 0.25) is 0 Å². The van der Waals surface area contributed by atoms with E-state index in [2.05, 4.69) is 17.0 Å². The second-order valence-electron chi connectivity index (χ2n) is 8.43. The summed E-state index contributed by atoms with van der Waals surface area (Å²) in [6.07, 6.45) is 5.54. The Labute approximate surface area is 155 Å². The van der Waals surface area contributed by atoms with Crippen LogP contribution in [0, 0.1) is 25.2 Å². The number of carbonyl (C=O) groups is 1. The molecule has 0 N–H and O–H groups in total. The topological polar surface area (TPSA) is 63.9 Å². The monoisotopic (exact) mass is 355 g/mol. The molecule has 2 aromatic rings. The number of hydrogen-bond acceptors (Lipinski definition) is 4. The average molecular weight is 355 g/mol. The second kappa shape index (κ2) is 6.82. The van der Waals surface area contributed by atoms with E-state index in [9.17, 15) is 4.79 Å². The molecular weight excluding hydrogens is 326 g/mol. The number of amides is 1. The fraction of sp³-hybridized carbons (Fsp3) is 0.600. The fourth-order valence-corrected chi connectivity index (χ4v) is 3.72. The van der Waals surface area contributed by atoms with Crippen LogP contribution in [-0.2, 0) is 18.3 Å². The molecule has 0 radical (unpaired) electrons. The van der Waals surface area contributed by atoms with Gasteiger partial charge in [-0.1, -0.05) is 20.8 Å². The van der Waals surface area contributed by atoms with Crippen LogP contribution in [0.5, 0.6) is 0 Å². The number of carbonyl (C=O) groups excluding carboxylic acids is 1. The van der Waals surface area contributed by atoms with Crippen molar-refractivity contribution >= 4 is 5.91 Å². The van der Waals surface area contributed by atoms with Gasteiger partial charge in [0, 0.05) is 43.0 Å². The van der Waals surface area contributed by atoms with Crippen LogP contribution in [0.25, 0.3) is 11.3 Å². The number of aromatic nitrogens is 4. The first kappa shape index (κ1) is 18.5. The number of rotatable bonds is 3. The van der Waals surface area contributed by atoms with Gasteiger partial charge in [-0.2, -0.15) is 5.10 Å². The van der Waals surface area contributed by atoms with E-state index in [0.717, 1.165) is 54.3 Å². The Morgan fingerprint density at radius 3 is 2.62 bits per heavy atom. The van der Waals surface area contributed by atoms with Gasteiger partial charge in [0.15, 0.2) is 0 Å². The maximum absolute atomic E-state index is 12.5. The van der Waals surface area contributed by atoms with E-state index in [-0.39, 0.29) is 11.3 Å². The van der Waals surface area contributed by atoms with E-state index in [4.69, 9.17) is 4.98 Å². The lowest BCUT2D eigenvalue weighted by atomic mass is 9.95. The van der Waals surface area contributed by atoms with Crippen LogP contribution in [0.3, 0.4) is 0 Å². The van der Waals surface area contributed by atoms with E-state index < -0.39 is 0 Å². The van der Waals surface area contributed by atoms with E-state index in [0.29, 0.717) is 5.92 Å². The van der Waals surface area contributed by atoms with E-state index >= 15 is 0 Å². The van der Waals surface area contributed by atoms with Crippen LogP contribution in [0.1, 0.15) is 44.3 Å². The molecule has 140 valence electrons. The maximum atomic E-state index is 12.5. The molecule has 0 bridgehead atoms. The van der Waals surface area contributed by atoms with Gasteiger partial charge in [-0.05, 0) is 32.6 Å². The Morgan fingerprint density at radius 2 is 2.00 bits per heavy atom. The Kier molecular flexibility index (Phi) is 4.86. The molecule has 0 aromatic carbocycles. The zero-order chi connectivity index (χ0) is 19.1. The summed E-state index contributed by atoms with van der Waals surface area (Å²) < 4.78 is 1.88. The van der Waals surface area contributed by atoms with Gasteiger partial charge in [-0.3, -0.25) is 14.5 Å². The Morgan fingerprint density at radius 1 is 1.27 bits per heavy atom. The summed E-state index contributed by atoms with van der Waals surface area (Å²) in [5.41, 5.74) is 4.68. The Bertz CT molecular complexity index is 818. The van der Waals surface area contributed by atoms with Crippen molar-refractivity contribution in [1.29, 1.82) is 0 Å². The fourth-order valence-electron chi connectivity index (χ4n) is 3.72. The molecule has 0 aliphatic carbocycles. The Hall–Kier alpha value is -2.24. The molecule has 6 nitrogen and oxygen atoms in total. The molecule has 0 unspecified atom stereocenters. The summed E-state index contributed by atoms with van der Waals surface area (Å²) in [4.78, 5) is 23.7. The first-order chi connectivity index (χ1) is 12.2. The Balaban J connectivity index is 1.73. The highest BCUT2D eigenvalue weighted by molar-refractivity contribution is 5.81. The molecule has 0 spiro atoms. The summed E-state index contributed by atoms with van der Waals surface area (Å²) in [5, 5.41) is 4.48. The van der Waals surface area contributed by atoms with Gasteiger partial charge in [0.1, 0.15) is 0 Å². The molecule has 3 rings (SSSR count). The van der Waals surface area contributed by atoms with Crippen molar-refractivity contribution in [3.8, 4) is 11.3 Å². The molecule has 1 atom stereocenters. The van der Waals surface area contributed by atoms with Gasteiger partial charge in [-0.25, -0.2) is 4.98 Å².